The van der Waals surface area contributed by atoms with E-state index >= 15 is 0 Å². The van der Waals surface area contributed by atoms with Crippen molar-refractivity contribution in [2.75, 3.05) is 0 Å². The van der Waals surface area contributed by atoms with Crippen LogP contribution in [-0.4, -0.2) is 0 Å². The zero-order valence-electron chi connectivity index (χ0n) is 25.6. The van der Waals surface area contributed by atoms with Gasteiger partial charge in [0, 0.05) is 20.2 Å². The molecule has 0 N–H and O–H groups in total. The third kappa shape index (κ3) is 4.07. The standard InChI is InChI=1S/C46H28S/c1-2-13-30-26-32(25-24-29(30)12-1)31-14-11-15-33(27-31)44-36-18-5-7-20-38(36)45(39-21-8-6-19-37(39)44)41-28-43-46(35-17-4-3-16-34(35)41)40-22-9-10-23-42(40)47-43/h1-28H. The maximum Gasteiger partial charge on any atom is 0.0368 e. The van der Waals surface area contributed by atoms with Crippen LogP contribution in [0.2, 0.25) is 0 Å². The third-order valence-corrected chi connectivity index (χ3v) is 10.9. The summed E-state index contributed by atoms with van der Waals surface area (Å²) in [5.41, 5.74) is 7.59. The molecule has 0 amide bonds. The van der Waals surface area contributed by atoms with Crippen molar-refractivity contribution in [1.29, 1.82) is 0 Å². The van der Waals surface area contributed by atoms with Gasteiger partial charge in [0.1, 0.15) is 0 Å². The van der Waals surface area contributed by atoms with Gasteiger partial charge in [-0.1, -0.05) is 146 Å². The Morgan fingerprint density at radius 1 is 0.298 bits per heavy atom. The number of hydrogen-bond acceptors (Lipinski definition) is 1. The molecule has 0 radical (unpaired) electrons. The Labute approximate surface area is 276 Å². The van der Waals surface area contributed by atoms with Crippen molar-refractivity contribution in [2.24, 2.45) is 0 Å². The average molecular weight is 613 g/mol. The molecule has 10 rings (SSSR count). The van der Waals surface area contributed by atoms with E-state index in [9.17, 15) is 0 Å². The highest BCUT2D eigenvalue weighted by atomic mass is 32.1. The molecule has 0 aliphatic rings. The van der Waals surface area contributed by atoms with Gasteiger partial charge in [-0.25, -0.2) is 0 Å². The molecule has 1 aromatic heterocycles. The van der Waals surface area contributed by atoms with Crippen molar-refractivity contribution >= 4 is 74.6 Å². The minimum atomic E-state index is 1.23. The summed E-state index contributed by atoms with van der Waals surface area (Å²) >= 11 is 1.90. The van der Waals surface area contributed by atoms with Crippen molar-refractivity contribution in [1.82, 2.24) is 0 Å². The fourth-order valence-corrected chi connectivity index (χ4v) is 8.91. The first kappa shape index (κ1) is 26.5. The van der Waals surface area contributed by atoms with Crippen LogP contribution >= 0.6 is 11.3 Å². The lowest BCUT2D eigenvalue weighted by Gasteiger charge is -2.19. The van der Waals surface area contributed by atoms with Gasteiger partial charge in [0.05, 0.1) is 0 Å². The number of thiophene rings is 1. The van der Waals surface area contributed by atoms with E-state index in [2.05, 4.69) is 170 Å². The summed E-state index contributed by atoms with van der Waals surface area (Å²) in [6, 6.07) is 62.7. The first-order chi connectivity index (χ1) is 23.3. The maximum atomic E-state index is 2.45. The largest absolute Gasteiger partial charge is 0.135 e. The molecule has 0 fully saturated rings. The SMILES string of the molecule is c1cc(-c2ccc3ccccc3c2)cc(-c2c3ccccc3c(-c3cc4sc5ccccc5c4c4ccccc34)c3ccccc23)c1. The van der Waals surface area contributed by atoms with E-state index in [1.165, 1.54) is 96.6 Å². The van der Waals surface area contributed by atoms with Crippen molar-refractivity contribution in [3.05, 3.63) is 170 Å². The predicted molar refractivity (Wildman–Crippen MR) is 206 cm³/mol. The monoisotopic (exact) mass is 612 g/mol. The Bertz CT molecular complexity index is 2800. The molecule has 1 heteroatoms. The van der Waals surface area contributed by atoms with Crippen LogP contribution in [0, 0.1) is 0 Å². The molecule has 47 heavy (non-hydrogen) atoms. The molecule has 9 aromatic carbocycles. The smallest absolute Gasteiger partial charge is 0.0368 e. The van der Waals surface area contributed by atoms with Crippen molar-refractivity contribution < 1.29 is 0 Å². The van der Waals surface area contributed by atoms with E-state index < -0.39 is 0 Å². The molecule has 1 heterocycles. The Hall–Kier alpha value is -5.76. The topological polar surface area (TPSA) is 0 Å². The van der Waals surface area contributed by atoms with Gasteiger partial charge >= 0.3 is 0 Å². The molecule has 0 aliphatic heterocycles. The van der Waals surface area contributed by atoms with Gasteiger partial charge in [-0.15, -0.1) is 11.3 Å². The minimum absolute atomic E-state index is 1.23. The number of benzene rings is 9. The van der Waals surface area contributed by atoms with Crippen LogP contribution in [-0.2, 0) is 0 Å². The average Bonchev–Trinajstić information content (AvgIpc) is 3.52. The van der Waals surface area contributed by atoms with Crippen LogP contribution in [0.3, 0.4) is 0 Å². The van der Waals surface area contributed by atoms with Crippen LogP contribution in [0.15, 0.2) is 170 Å². The van der Waals surface area contributed by atoms with Crippen LogP contribution in [0.1, 0.15) is 0 Å². The molecule has 0 nitrogen and oxygen atoms in total. The summed E-state index contributed by atoms with van der Waals surface area (Å²) < 4.78 is 2.67. The molecule has 0 saturated carbocycles. The fourth-order valence-electron chi connectivity index (χ4n) is 7.75. The molecule has 0 unspecified atom stereocenters. The summed E-state index contributed by atoms with van der Waals surface area (Å²) in [7, 11) is 0. The van der Waals surface area contributed by atoms with E-state index in [0.29, 0.717) is 0 Å². The number of fused-ring (bicyclic) bond motifs is 8. The van der Waals surface area contributed by atoms with Crippen molar-refractivity contribution in [3.63, 3.8) is 0 Å². The quantitative estimate of drug-likeness (QED) is 0.174. The van der Waals surface area contributed by atoms with Gasteiger partial charge in [-0.3, -0.25) is 0 Å². The predicted octanol–water partition coefficient (Wildman–Crippen LogP) is 13.7. The summed E-state index contributed by atoms with van der Waals surface area (Å²) in [5, 5.41) is 13.0. The zero-order chi connectivity index (χ0) is 30.9. The summed E-state index contributed by atoms with van der Waals surface area (Å²) in [6.45, 7) is 0. The highest BCUT2D eigenvalue weighted by molar-refractivity contribution is 7.26. The van der Waals surface area contributed by atoms with E-state index in [1.54, 1.807) is 0 Å². The van der Waals surface area contributed by atoms with Crippen LogP contribution in [0.25, 0.3) is 96.6 Å². The van der Waals surface area contributed by atoms with Gasteiger partial charge in [0.15, 0.2) is 0 Å². The second-order valence-electron chi connectivity index (χ2n) is 12.4. The fraction of sp³-hybridized carbons (Fsp3) is 0. The highest BCUT2D eigenvalue weighted by Crippen LogP contribution is 2.48. The summed E-state index contributed by atoms with van der Waals surface area (Å²) in [5.74, 6) is 0. The lowest BCUT2D eigenvalue weighted by Crippen LogP contribution is -1.92. The Balaban J connectivity index is 1.27. The van der Waals surface area contributed by atoms with Crippen LogP contribution in [0.4, 0.5) is 0 Å². The lowest BCUT2D eigenvalue weighted by atomic mass is 9.84. The number of rotatable bonds is 3. The van der Waals surface area contributed by atoms with E-state index in [0.717, 1.165) is 0 Å². The second kappa shape index (κ2) is 10.4. The third-order valence-electron chi connectivity index (χ3n) is 9.82. The van der Waals surface area contributed by atoms with Gasteiger partial charge in [0.2, 0.25) is 0 Å². The van der Waals surface area contributed by atoms with E-state index in [-0.39, 0.29) is 0 Å². The molecule has 10 aromatic rings. The molecule has 218 valence electrons. The van der Waals surface area contributed by atoms with Gasteiger partial charge in [-0.05, 0) is 101 Å². The molecule has 0 aliphatic carbocycles. The van der Waals surface area contributed by atoms with E-state index in [1.807, 2.05) is 11.3 Å². The zero-order valence-corrected chi connectivity index (χ0v) is 26.4. The van der Waals surface area contributed by atoms with Gasteiger partial charge in [-0.2, -0.15) is 0 Å². The van der Waals surface area contributed by atoms with Crippen molar-refractivity contribution in [2.45, 2.75) is 0 Å². The second-order valence-corrected chi connectivity index (χ2v) is 13.5. The minimum Gasteiger partial charge on any atom is -0.135 e. The van der Waals surface area contributed by atoms with Crippen molar-refractivity contribution in [3.8, 4) is 33.4 Å². The first-order valence-electron chi connectivity index (χ1n) is 16.2. The molecule has 0 atom stereocenters. The summed E-state index contributed by atoms with van der Waals surface area (Å²) in [6.07, 6.45) is 0. The highest BCUT2D eigenvalue weighted by Gasteiger charge is 2.20. The Morgan fingerprint density at radius 2 is 0.851 bits per heavy atom. The molecular formula is C46H28S. The molecule has 0 saturated heterocycles. The Morgan fingerprint density at radius 3 is 1.60 bits per heavy atom. The molecule has 0 bridgehead atoms. The maximum absolute atomic E-state index is 2.45. The normalized spacial score (nSPS) is 11.8. The lowest BCUT2D eigenvalue weighted by molar-refractivity contribution is 1.63. The number of hydrogen-bond donors (Lipinski definition) is 0. The van der Waals surface area contributed by atoms with Gasteiger partial charge in [0.25, 0.3) is 0 Å². The molecule has 0 spiro atoms. The van der Waals surface area contributed by atoms with Gasteiger partial charge < -0.3 is 0 Å². The van der Waals surface area contributed by atoms with Crippen LogP contribution in [0.5, 0.6) is 0 Å². The van der Waals surface area contributed by atoms with Crippen LogP contribution < -0.4 is 0 Å². The van der Waals surface area contributed by atoms with E-state index in [4.69, 9.17) is 0 Å². The summed E-state index contributed by atoms with van der Waals surface area (Å²) in [4.78, 5) is 0. The Kier molecular flexibility index (Phi) is 5.85. The first-order valence-corrected chi connectivity index (χ1v) is 17.0. The molecular weight excluding hydrogens is 585 g/mol.